The van der Waals surface area contributed by atoms with Crippen molar-refractivity contribution in [1.29, 1.82) is 0 Å². The van der Waals surface area contributed by atoms with E-state index in [1.165, 1.54) is 0 Å². The number of halogens is 1. The second-order valence-electron chi connectivity index (χ2n) is 8.64. The number of nitrogens with one attached hydrogen (secondary N) is 1. The molecule has 1 aromatic carbocycles. The normalized spacial score (nSPS) is 11.4. The Bertz CT molecular complexity index is 1580. The highest BCUT2D eigenvalue weighted by molar-refractivity contribution is 6.31. The number of anilines is 1. The highest BCUT2D eigenvalue weighted by Gasteiger charge is 2.14. The van der Waals surface area contributed by atoms with Crippen LogP contribution < -0.4 is 11.1 Å². The number of hydrogen-bond acceptors (Lipinski definition) is 5. The number of aromatic nitrogens is 5. The van der Waals surface area contributed by atoms with Crippen molar-refractivity contribution in [2.24, 2.45) is 0 Å². The first kappa shape index (κ1) is 22.9. The van der Waals surface area contributed by atoms with Gasteiger partial charge in [0, 0.05) is 36.2 Å². The molecule has 0 atom stereocenters. The molecule has 4 aromatic heterocycles. The van der Waals surface area contributed by atoms with Crippen LogP contribution in [-0.2, 0) is 19.5 Å². The Morgan fingerprint density at radius 2 is 2.00 bits per heavy atom. The summed E-state index contributed by atoms with van der Waals surface area (Å²) in [4.78, 5) is 21.7. The summed E-state index contributed by atoms with van der Waals surface area (Å²) >= 11 is 6.32. The molecule has 0 aliphatic heterocycles. The second kappa shape index (κ2) is 9.03. The topological polar surface area (TPSA) is 103 Å². The Morgan fingerprint density at radius 1 is 1.17 bits per heavy atom. The number of aryl methyl sites for hydroxylation is 3. The van der Waals surface area contributed by atoms with Crippen LogP contribution in [0, 0.1) is 13.8 Å². The number of benzene rings is 1. The molecular formula is C26H26ClN7O. The number of carbonyl (C=O) groups is 1. The van der Waals surface area contributed by atoms with Gasteiger partial charge in [0.1, 0.15) is 11.5 Å². The predicted octanol–water partition coefficient (Wildman–Crippen LogP) is 4.47. The lowest BCUT2D eigenvalue weighted by Crippen LogP contribution is -2.23. The van der Waals surface area contributed by atoms with Gasteiger partial charge in [-0.25, -0.2) is 9.97 Å². The van der Waals surface area contributed by atoms with Crippen molar-refractivity contribution in [3.8, 4) is 0 Å². The van der Waals surface area contributed by atoms with E-state index >= 15 is 0 Å². The predicted molar refractivity (Wildman–Crippen MR) is 138 cm³/mol. The second-order valence-corrected chi connectivity index (χ2v) is 9.05. The molecule has 5 aromatic rings. The molecule has 1 amide bonds. The summed E-state index contributed by atoms with van der Waals surface area (Å²) in [6.07, 6.45) is 7.79. The van der Waals surface area contributed by atoms with Gasteiger partial charge in [-0.1, -0.05) is 18.5 Å². The Labute approximate surface area is 207 Å². The zero-order valence-corrected chi connectivity index (χ0v) is 20.6. The fourth-order valence-electron chi connectivity index (χ4n) is 4.56. The summed E-state index contributed by atoms with van der Waals surface area (Å²) in [6.45, 7) is 6.98. The molecule has 9 heteroatoms. The van der Waals surface area contributed by atoms with E-state index in [1.54, 1.807) is 23.3 Å². The molecule has 35 heavy (non-hydrogen) atoms. The van der Waals surface area contributed by atoms with Crippen LogP contribution in [-0.4, -0.2) is 30.1 Å². The van der Waals surface area contributed by atoms with E-state index in [2.05, 4.69) is 27.3 Å². The average Bonchev–Trinajstić information content (AvgIpc) is 3.46. The number of nitrogen functional groups attached to an aromatic ring is 1. The molecule has 0 fully saturated rings. The molecule has 8 nitrogen and oxygen atoms in total. The van der Waals surface area contributed by atoms with Crippen LogP contribution in [0.4, 0.5) is 5.82 Å². The van der Waals surface area contributed by atoms with Crippen molar-refractivity contribution in [2.75, 3.05) is 5.73 Å². The van der Waals surface area contributed by atoms with Crippen LogP contribution in [0.3, 0.4) is 0 Å². The third-order valence-electron chi connectivity index (χ3n) is 6.42. The molecule has 0 aliphatic rings. The highest BCUT2D eigenvalue weighted by Crippen LogP contribution is 2.28. The first-order valence-electron chi connectivity index (χ1n) is 11.4. The van der Waals surface area contributed by atoms with Gasteiger partial charge in [-0.15, -0.1) is 0 Å². The molecule has 0 radical (unpaired) electrons. The first-order valence-corrected chi connectivity index (χ1v) is 11.8. The summed E-state index contributed by atoms with van der Waals surface area (Å²) in [7, 11) is 0. The fourth-order valence-corrected chi connectivity index (χ4v) is 4.85. The molecule has 5 rings (SSSR count). The van der Waals surface area contributed by atoms with Gasteiger partial charge in [-0.05, 0) is 66.6 Å². The summed E-state index contributed by atoms with van der Waals surface area (Å²) < 4.78 is 3.72. The van der Waals surface area contributed by atoms with E-state index in [0.717, 1.165) is 55.9 Å². The number of nitrogens with two attached hydrogens (primary N) is 1. The van der Waals surface area contributed by atoms with Crippen LogP contribution >= 0.6 is 11.6 Å². The lowest BCUT2D eigenvalue weighted by atomic mass is 9.96. The van der Waals surface area contributed by atoms with E-state index < -0.39 is 0 Å². The molecule has 0 saturated carbocycles. The van der Waals surface area contributed by atoms with Gasteiger partial charge in [-0.2, -0.15) is 5.10 Å². The number of imidazole rings is 1. The summed E-state index contributed by atoms with van der Waals surface area (Å²) in [5.74, 6) is 0.329. The van der Waals surface area contributed by atoms with E-state index in [9.17, 15) is 4.79 Å². The lowest BCUT2D eigenvalue weighted by Gasteiger charge is -2.14. The van der Waals surface area contributed by atoms with Gasteiger partial charge in [0.25, 0.3) is 5.91 Å². The van der Waals surface area contributed by atoms with Gasteiger partial charge < -0.3 is 15.5 Å². The van der Waals surface area contributed by atoms with Gasteiger partial charge >= 0.3 is 0 Å². The zero-order chi connectivity index (χ0) is 24.7. The minimum absolute atomic E-state index is 0.181. The van der Waals surface area contributed by atoms with Crippen LogP contribution in [0.1, 0.15) is 45.4 Å². The monoisotopic (exact) mass is 487 g/mol. The van der Waals surface area contributed by atoms with Crippen LogP contribution in [0.5, 0.6) is 0 Å². The molecule has 0 unspecified atom stereocenters. The molecule has 4 heterocycles. The van der Waals surface area contributed by atoms with Crippen LogP contribution in [0.15, 0.2) is 49.1 Å². The lowest BCUT2D eigenvalue weighted by molar-refractivity contribution is 0.0950. The number of amides is 1. The van der Waals surface area contributed by atoms with Crippen molar-refractivity contribution >= 4 is 39.7 Å². The number of fused-ring (bicyclic) bond motifs is 2. The van der Waals surface area contributed by atoms with Crippen molar-refractivity contribution in [3.05, 3.63) is 87.7 Å². The molecule has 0 bridgehead atoms. The number of pyridine rings is 2. The Morgan fingerprint density at radius 3 is 2.80 bits per heavy atom. The van der Waals surface area contributed by atoms with Crippen LogP contribution in [0.25, 0.3) is 16.4 Å². The van der Waals surface area contributed by atoms with Crippen molar-refractivity contribution in [1.82, 2.24) is 29.5 Å². The third-order valence-corrected chi connectivity index (χ3v) is 6.77. The Hall–Kier alpha value is -3.91. The maximum Gasteiger partial charge on any atom is 0.254 e. The van der Waals surface area contributed by atoms with Crippen molar-refractivity contribution in [2.45, 2.75) is 40.3 Å². The SMILES string of the molecule is CCc1c(Cl)ccc2nc(Cn3cc(C(=O)NCc4c(C)cc5c(N)nccc5c4C)cn3)cn12. The van der Waals surface area contributed by atoms with Crippen molar-refractivity contribution < 1.29 is 4.79 Å². The van der Waals surface area contributed by atoms with Crippen molar-refractivity contribution in [3.63, 3.8) is 0 Å². The first-order chi connectivity index (χ1) is 16.9. The number of rotatable bonds is 6. The quantitative estimate of drug-likeness (QED) is 0.367. The maximum atomic E-state index is 12.9. The van der Waals surface area contributed by atoms with Gasteiger partial charge in [0.2, 0.25) is 0 Å². The number of carbonyl (C=O) groups excluding carboxylic acids is 1. The zero-order valence-electron chi connectivity index (χ0n) is 19.8. The molecule has 3 N–H and O–H groups in total. The van der Waals surface area contributed by atoms with Gasteiger partial charge in [-0.3, -0.25) is 9.48 Å². The summed E-state index contributed by atoms with van der Waals surface area (Å²) in [5, 5.41) is 10.1. The number of nitrogens with zero attached hydrogens (tertiary/aromatic N) is 5. The molecule has 0 spiro atoms. The van der Waals surface area contributed by atoms with E-state index in [4.69, 9.17) is 17.3 Å². The molecule has 0 aliphatic carbocycles. The van der Waals surface area contributed by atoms with Gasteiger partial charge in [0.15, 0.2) is 0 Å². The Kier molecular flexibility index (Phi) is 5.90. The van der Waals surface area contributed by atoms with E-state index in [1.807, 2.05) is 48.7 Å². The summed E-state index contributed by atoms with van der Waals surface area (Å²) in [5.41, 5.74) is 12.4. The third kappa shape index (κ3) is 4.21. The fraction of sp³-hybridized carbons (Fsp3) is 0.231. The number of hydrogen-bond donors (Lipinski definition) is 2. The standard InChI is InChI=1S/C26H26ClN7O/c1-4-23-22(27)5-6-24-32-18(14-34(23)24)13-33-12-17(10-31-33)26(35)30-11-21-15(2)9-20-19(16(21)3)7-8-29-25(20)28/h5-10,12,14H,4,11,13H2,1-3H3,(H2,28,29)(H,30,35). The average molecular weight is 488 g/mol. The molecule has 178 valence electrons. The van der Waals surface area contributed by atoms with E-state index in [-0.39, 0.29) is 5.91 Å². The smallest absolute Gasteiger partial charge is 0.254 e. The van der Waals surface area contributed by atoms with E-state index in [0.29, 0.717) is 24.5 Å². The molecular weight excluding hydrogens is 462 g/mol. The summed E-state index contributed by atoms with van der Waals surface area (Å²) in [6, 6.07) is 7.74. The molecule has 0 saturated heterocycles. The maximum absolute atomic E-state index is 12.9. The van der Waals surface area contributed by atoms with Gasteiger partial charge in [0.05, 0.1) is 29.0 Å². The highest BCUT2D eigenvalue weighted by atomic mass is 35.5. The largest absolute Gasteiger partial charge is 0.383 e. The van der Waals surface area contributed by atoms with Crippen LogP contribution in [0.2, 0.25) is 5.02 Å². The Balaban J connectivity index is 1.31. The minimum atomic E-state index is -0.181. The minimum Gasteiger partial charge on any atom is -0.383 e.